The predicted octanol–water partition coefficient (Wildman–Crippen LogP) is 4.02. The molecule has 35 heavy (non-hydrogen) atoms. The molecule has 0 heterocycles. The lowest BCUT2D eigenvalue weighted by atomic mass is 10.1. The van der Waals surface area contributed by atoms with Crippen molar-refractivity contribution in [3.63, 3.8) is 0 Å². The zero-order valence-corrected chi connectivity index (χ0v) is 19.0. The molecule has 3 aromatic carbocycles. The Balaban J connectivity index is 1.68. The molecule has 7 nitrogen and oxygen atoms in total. The number of hydrogen-bond donors (Lipinski definition) is 3. The first-order chi connectivity index (χ1) is 16.5. The molecule has 0 bridgehead atoms. The van der Waals surface area contributed by atoms with Gasteiger partial charge in [0.2, 0.25) is 0 Å². The molecular weight excluding hydrogens is 465 g/mol. The van der Waals surface area contributed by atoms with E-state index in [1.54, 1.807) is 43.3 Å². The molecule has 0 aliphatic carbocycles. The largest absolute Gasteiger partial charge is 0.462 e. The zero-order chi connectivity index (χ0) is 25.8. The highest BCUT2D eigenvalue weighted by molar-refractivity contribution is 6.00. The normalized spacial score (nSPS) is 14.1. The maximum Gasteiger partial charge on any atom is 0.416 e. The van der Waals surface area contributed by atoms with E-state index in [1.165, 1.54) is 19.1 Å². The van der Waals surface area contributed by atoms with Gasteiger partial charge in [0.1, 0.15) is 24.1 Å². The van der Waals surface area contributed by atoms with Gasteiger partial charge in [0.15, 0.2) is 0 Å². The van der Waals surface area contributed by atoms with Crippen molar-refractivity contribution in [2.45, 2.75) is 38.2 Å². The number of fused-ring (bicyclic) bond motifs is 1. The average Bonchev–Trinajstić information content (AvgIpc) is 2.81. The summed E-state index contributed by atoms with van der Waals surface area (Å²) < 4.78 is 49.1. The van der Waals surface area contributed by atoms with Gasteiger partial charge in [0.25, 0.3) is 5.91 Å². The standard InChI is InChI=1S/C25H25F3N2O5/c1-14(13-34-24(33)22(29)15(2)31)30-23(32)17-6-11-20-16(12-17)4-3-5-21(20)35-19-9-7-18(8-10-19)25(26,27)28/h3-12,14-15,22,31H,13,29H2,1-2H3,(H,30,32)/t14-,15-,22+/m1/s1. The number of carbonyl (C=O) groups is 2. The second-order valence-corrected chi connectivity index (χ2v) is 8.09. The first-order valence-corrected chi connectivity index (χ1v) is 10.7. The number of hydrogen-bond acceptors (Lipinski definition) is 6. The van der Waals surface area contributed by atoms with E-state index in [0.29, 0.717) is 22.1 Å². The summed E-state index contributed by atoms with van der Waals surface area (Å²) in [5.41, 5.74) is 5.09. The van der Waals surface area contributed by atoms with Crippen molar-refractivity contribution in [2.24, 2.45) is 5.73 Å². The van der Waals surface area contributed by atoms with Crippen LogP contribution in [0.25, 0.3) is 10.8 Å². The molecule has 0 fully saturated rings. The molecule has 0 saturated heterocycles. The lowest BCUT2D eigenvalue weighted by Gasteiger charge is -2.18. The highest BCUT2D eigenvalue weighted by Crippen LogP contribution is 2.33. The third-order valence-corrected chi connectivity index (χ3v) is 5.16. The Morgan fingerprint density at radius 3 is 2.37 bits per heavy atom. The number of halogens is 3. The van der Waals surface area contributed by atoms with Gasteiger partial charge in [0, 0.05) is 10.9 Å². The number of rotatable bonds is 8. The fourth-order valence-electron chi connectivity index (χ4n) is 3.17. The van der Waals surface area contributed by atoms with E-state index in [-0.39, 0.29) is 12.4 Å². The van der Waals surface area contributed by atoms with Crippen LogP contribution in [0.15, 0.2) is 60.7 Å². The van der Waals surface area contributed by atoms with Crippen LogP contribution >= 0.6 is 0 Å². The van der Waals surface area contributed by atoms with E-state index in [1.807, 2.05) is 0 Å². The Morgan fingerprint density at radius 1 is 1.06 bits per heavy atom. The summed E-state index contributed by atoms with van der Waals surface area (Å²) in [6.07, 6.45) is -5.49. The fourth-order valence-corrected chi connectivity index (χ4v) is 3.17. The summed E-state index contributed by atoms with van der Waals surface area (Å²) in [6.45, 7) is 2.90. The SMILES string of the molecule is C[C@H](COC(=O)[C@@H](N)[C@@H](C)O)NC(=O)c1ccc2c(Oc3ccc(C(F)(F)F)cc3)cccc2c1. The minimum atomic E-state index is -4.43. The van der Waals surface area contributed by atoms with Crippen molar-refractivity contribution in [1.29, 1.82) is 0 Å². The van der Waals surface area contributed by atoms with Crippen LogP contribution in [0.1, 0.15) is 29.8 Å². The molecule has 0 radical (unpaired) electrons. The third kappa shape index (κ3) is 6.71. The Morgan fingerprint density at radius 2 is 1.74 bits per heavy atom. The van der Waals surface area contributed by atoms with Gasteiger partial charge in [-0.05, 0) is 67.8 Å². The molecule has 3 atom stereocenters. The Labute approximate surface area is 199 Å². The molecule has 186 valence electrons. The number of nitrogens with one attached hydrogen (secondary N) is 1. The summed E-state index contributed by atoms with van der Waals surface area (Å²) in [4.78, 5) is 24.4. The van der Waals surface area contributed by atoms with Crippen LogP contribution in [-0.4, -0.2) is 41.8 Å². The number of carbonyl (C=O) groups excluding carboxylic acids is 2. The molecule has 4 N–H and O–H groups in total. The number of ether oxygens (including phenoxy) is 2. The van der Waals surface area contributed by atoms with E-state index in [0.717, 1.165) is 12.1 Å². The van der Waals surface area contributed by atoms with Crippen molar-refractivity contribution in [3.05, 3.63) is 71.8 Å². The van der Waals surface area contributed by atoms with Crippen LogP contribution < -0.4 is 15.8 Å². The number of aliphatic hydroxyl groups is 1. The number of aliphatic hydroxyl groups excluding tert-OH is 1. The van der Waals surface area contributed by atoms with Gasteiger partial charge in [-0.3, -0.25) is 9.59 Å². The van der Waals surface area contributed by atoms with E-state index in [2.05, 4.69) is 5.32 Å². The summed E-state index contributed by atoms with van der Waals surface area (Å²) in [5, 5.41) is 13.4. The van der Waals surface area contributed by atoms with Crippen molar-refractivity contribution >= 4 is 22.6 Å². The summed E-state index contributed by atoms with van der Waals surface area (Å²) in [6, 6.07) is 12.7. The molecule has 0 unspecified atom stereocenters. The average molecular weight is 490 g/mol. The minimum absolute atomic E-state index is 0.121. The number of esters is 1. The van der Waals surface area contributed by atoms with Crippen LogP contribution in [0.4, 0.5) is 13.2 Å². The first-order valence-electron chi connectivity index (χ1n) is 10.7. The van der Waals surface area contributed by atoms with E-state index in [4.69, 9.17) is 15.2 Å². The highest BCUT2D eigenvalue weighted by Gasteiger charge is 2.30. The highest BCUT2D eigenvalue weighted by atomic mass is 19.4. The molecule has 0 spiro atoms. The van der Waals surface area contributed by atoms with Crippen molar-refractivity contribution < 1.29 is 37.3 Å². The summed E-state index contributed by atoms with van der Waals surface area (Å²) >= 11 is 0. The maximum absolute atomic E-state index is 12.8. The fraction of sp³-hybridized carbons (Fsp3) is 0.280. The van der Waals surface area contributed by atoms with Gasteiger partial charge in [-0.2, -0.15) is 13.2 Å². The molecule has 0 aliphatic heterocycles. The van der Waals surface area contributed by atoms with Crippen LogP contribution in [-0.2, 0) is 15.7 Å². The first kappa shape index (κ1) is 26.0. The molecule has 0 aliphatic rings. The van der Waals surface area contributed by atoms with Crippen LogP contribution in [0, 0.1) is 0 Å². The van der Waals surface area contributed by atoms with E-state index in [9.17, 15) is 27.9 Å². The summed E-state index contributed by atoms with van der Waals surface area (Å²) in [5.74, 6) is -0.508. The zero-order valence-electron chi connectivity index (χ0n) is 19.0. The van der Waals surface area contributed by atoms with Crippen LogP contribution in [0.5, 0.6) is 11.5 Å². The minimum Gasteiger partial charge on any atom is -0.462 e. The molecule has 1 amide bonds. The van der Waals surface area contributed by atoms with Gasteiger partial charge >= 0.3 is 12.1 Å². The van der Waals surface area contributed by atoms with E-state index < -0.39 is 41.8 Å². The molecule has 0 saturated carbocycles. The van der Waals surface area contributed by atoms with E-state index >= 15 is 0 Å². The van der Waals surface area contributed by atoms with Crippen LogP contribution in [0.3, 0.4) is 0 Å². The molecule has 0 aromatic heterocycles. The summed E-state index contributed by atoms with van der Waals surface area (Å²) in [7, 11) is 0. The van der Waals surface area contributed by atoms with Gasteiger partial charge in [-0.1, -0.05) is 12.1 Å². The van der Waals surface area contributed by atoms with Gasteiger partial charge in [0.05, 0.1) is 17.7 Å². The van der Waals surface area contributed by atoms with Gasteiger partial charge in [-0.15, -0.1) is 0 Å². The maximum atomic E-state index is 12.8. The van der Waals surface area contributed by atoms with Crippen LogP contribution in [0.2, 0.25) is 0 Å². The predicted molar refractivity (Wildman–Crippen MR) is 123 cm³/mol. The Bertz CT molecular complexity index is 1200. The lowest BCUT2D eigenvalue weighted by Crippen LogP contribution is -2.43. The lowest BCUT2D eigenvalue weighted by molar-refractivity contribution is -0.148. The Kier molecular flexibility index (Phi) is 7.98. The molecule has 10 heteroatoms. The second-order valence-electron chi connectivity index (χ2n) is 8.09. The third-order valence-electron chi connectivity index (χ3n) is 5.16. The smallest absolute Gasteiger partial charge is 0.416 e. The molecular formula is C25H25F3N2O5. The van der Waals surface area contributed by atoms with Crippen molar-refractivity contribution in [1.82, 2.24) is 5.32 Å². The number of nitrogens with two attached hydrogens (primary N) is 1. The Hall–Kier alpha value is -3.63. The molecule has 3 aromatic rings. The molecule has 3 rings (SSSR count). The number of benzene rings is 3. The second kappa shape index (κ2) is 10.7. The number of amides is 1. The van der Waals surface area contributed by atoms with Gasteiger partial charge in [-0.25, -0.2) is 0 Å². The van der Waals surface area contributed by atoms with Gasteiger partial charge < -0.3 is 25.6 Å². The van der Waals surface area contributed by atoms with Crippen molar-refractivity contribution in [3.8, 4) is 11.5 Å². The monoisotopic (exact) mass is 490 g/mol. The number of alkyl halides is 3. The quantitative estimate of drug-likeness (QED) is 0.412. The topological polar surface area (TPSA) is 111 Å². The van der Waals surface area contributed by atoms with Crippen molar-refractivity contribution in [2.75, 3.05) is 6.61 Å².